The van der Waals surface area contributed by atoms with Gasteiger partial charge in [0.25, 0.3) is 0 Å². The number of rotatable bonds is 3. The van der Waals surface area contributed by atoms with Crippen LogP contribution in [0, 0.1) is 0 Å². The molecule has 1 N–H and O–H groups in total. The van der Waals surface area contributed by atoms with Gasteiger partial charge in [-0.2, -0.15) is 0 Å². The van der Waals surface area contributed by atoms with E-state index in [1.807, 2.05) is 18.3 Å². The zero-order valence-corrected chi connectivity index (χ0v) is 13.6. The molecule has 1 aliphatic rings. The third-order valence-corrected chi connectivity index (χ3v) is 4.94. The fourth-order valence-electron chi connectivity index (χ4n) is 3.68. The van der Waals surface area contributed by atoms with Gasteiger partial charge in [-0.3, -0.25) is 4.98 Å². The molecule has 2 unspecified atom stereocenters. The second-order valence-electron chi connectivity index (χ2n) is 6.53. The number of aliphatic hydroxyl groups is 1. The molecule has 1 aromatic heterocycles. The predicted molar refractivity (Wildman–Crippen MR) is 96.9 cm³/mol. The summed E-state index contributed by atoms with van der Waals surface area (Å²) in [6.07, 6.45) is 4.09. The Kier molecular flexibility index (Phi) is 4.14. The molecular weight excluding hydrogens is 294 g/mol. The minimum Gasteiger partial charge on any atom is -0.392 e. The Morgan fingerprint density at radius 3 is 2.62 bits per heavy atom. The van der Waals surface area contributed by atoms with Crippen molar-refractivity contribution in [2.45, 2.75) is 31.3 Å². The van der Waals surface area contributed by atoms with Crippen LogP contribution < -0.4 is 0 Å². The van der Waals surface area contributed by atoms with Crippen LogP contribution in [0.25, 0.3) is 11.1 Å². The van der Waals surface area contributed by atoms with Crippen molar-refractivity contribution in [1.82, 2.24) is 4.98 Å². The van der Waals surface area contributed by atoms with Crippen molar-refractivity contribution in [1.29, 1.82) is 0 Å². The number of aromatic nitrogens is 1. The van der Waals surface area contributed by atoms with Gasteiger partial charge in [-0.15, -0.1) is 0 Å². The number of fused-ring (bicyclic) bond motifs is 1. The van der Waals surface area contributed by atoms with Crippen molar-refractivity contribution in [2.24, 2.45) is 0 Å². The Hall–Kier alpha value is -2.45. The SMILES string of the molecule is OC1CCc2cccnc2C1Cc1cccc(-c2ccccc2)c1. The van der Waals surface area contributed by atoms with Crippen LogP contribution in [0.2, 0.25) is 0 Å². The third-order valence-electron chi connectivity index (χ3n) is 4.94. The molecular formula is C22H21NO. The summed E-state index contributed by atoms with van der Waals surface area (Å²) in [6, 6.07) is 23.2. The zero-order valence-electron chi connectivity index (χ0n) is 13.6. The maximum Gasteiger partial charge on any atom is 0.0630 e. The van der Waals surface area contributed by atoms with Gasteiger partial charge in [0, 0.05) is 17.8 Å². The zero-order chi connectivity index (χ0) is 16.4. The number of aryl methyl sites for hydroxylation is 1. The van der Waals surface area contributed by atoms with E-state index in [0.717, 1.165) is 25.0 Å². The third kappa shape index (κ3) is 2.98. The molecule has 2 aromatic carbocycles. The summed E-state index contributed by atoms with van der Waals surface area (Å²) >= 11 is 0. The first kappa shape index (κ1) is 15.1. The lowest BCUT2D eigenvalue weighted by molar-refractivity contribution is 0.123. The first-order chi connectivity index (χ1) is 11.8. The van der Waals surface area contributed by atoms with Gasteiger partial charge in [0.15, 0.2) is 0 Å². The van der Waals surface area contributed by atoms with E-state index in [4.69, 9.17) is 0 Å². The maximum atomic E-state index is 10.5. The summed E-state index contributed by atoms with van der Waals surface area (Å²) in [5.41, 5.74) is 6.05. The van der Waals surface area contributed by atoms with E-state index in [2.05, 4.69) is 59.6 Å². The highest BCUT2D eigenvalue weighted by Gasteiger charge is 2.29. The molecule has 24 heavy (non-hydrogen) atoms. The summed E-state index contributed by atoms with van der Waals surface area (Å²) in [4.78, 5) is 4.57. The fourth-order valence-corrected chi connectivity index (χ4v) is 3.68. The van der Waals surface area contributed by atoms with Gasteiger partial charge >= 0.3 is 0 Å². The summed E-state index contributed by atoms with van der Waals surface area (Å²) in [7, 11) is 0. The van der Waals surface area contributed by atoms with Crippen LogP contribution >= 0.6 is 0 Å². The molecule has 0 saturated carbocycles. The Morgan fingerprint density at radius 1 is 0.917 bits per heavy atom. The Morgan fingerprint density at radius 2 is 1.75 bits per heavy atom. The van der Waals surface area contributed by atoms with E-state index in [0.29, 0.717) is 0 Å². The first-order valence-electron chi connectivity index (χ1n) is 8.57. The lowest BCUT2D eigenvalue weighted by Crippen LogP contribution is -2.27. The van der Waals surface area contributed by atoms with E-state index >= 15 is 0 Å². The van der Waals surface area contributed by atoms with Crippen LogP contribution in [0.5, 0.6) is 0 Å². The van der Waals surface area contributed by atoms with Crippen LogP contribution in [0.4, 0.5) is 0 Å². The minimum absolute atomic E-state index is 0.0842. The van der Waals surface area contributed by atoms with Gasteiger partial charge in [-0.25, -0.2) is 0 Å². The molecule has 0 radical (unpaired) electrons. The molecule has 1 heterocycles. The predicted octanol–water partition coefficient (Wildman–Crippen LogP) is 4.38. The average molecular weight is 315 g/mol. The van der Waals surface area contributed by atoms with Gasteiger partial charge in [-0.05, 0) is 47.6 Å². The number of hydrogen-bond acceptors (Lipinski definition) is 2. The molecule has 0 spiro atoms. The maximum absolute atomic E-state index is 10.5. The molecule has 0 bridgehead atoms. The van der Waals surface area contributed by atoms with E-state index in [-0.39, 0.29) is 12.0 Å². The van der Waals surface area contributed by atoms with Crippen molar-refractivity contribution in [3.05, 3.63) is 89.7 Å². The fraction of sp³-hybridized carbons (Fsp3) is 0.227. The van der Waals surface area contributed by atoms with Crippen molar-refractivity contribution in [3.63, 3.8) is 0 Å². The minimum atomic E-state index is -0.312. The van der Waals surface area contributed by atoms with Crippen LogP contribution in [-0.2, 0) is 12.8 Å². The Balaban J connectivity index is 1.64. The van der Waals surface area contributed by atoms with E-state index < -0.39 is 0 Å². The number of aliphatic hydroxyl groups excluding tert-OH is 1. The van der Waals surface area contributed by atoms with Crippen LogP contribution in [0.1, 0.15) is 29.2 Å². The highest BCUT2D eigenvalue weighted by Crippen LogP contribution is 2.33. The topological polar surface area (TPSA) is 33.1 Å². The molecule has 0 saturated heterocycles. The van der Waals surface area contributed by atoms with E-state index in [1.54, 1.807) is 0 Å². The molecule has 120 valence electrons. The van der Waals surface area contributed by atoms with Gasteiger partial charge < -0.3 is 5.11 Å². The number of benzene rings is 2. The second-order valence-corrected chi connectivity index (χ2v) is 6.53. The van der Waals surface area contributed by atoms with E-state index in [1.165, 1.54) is 22.3 Å². The lowest BCUT2D eigenvalue weighted by atomic mass is 9.80. The van der Waals surface area contributed by atoms with E-state index in [9.17, 15) is 5.11 Å². The quantitative estimate of drug-likeness (QED) is 0.778. The van der Waals surface area contributed by atoms with Crippen molar-refractivity contribution >= 4 is 0 Å². The van der Waals surface area contributed by atoms with Crippen molar-refractivity contribution < 1.29 is 5.11 Å². The normalized spacial score (nSPS) is 19.7. The molecule has 0 aliphatic heterocycles. The number of nitrogens with zero attached hydrogens (tertiary/aromatic N) is 1. The van der Waals surface area contributed by atoms with Gasteiger partial charge in [0.05, 0.1) is 6.10 Å². The lowest BCUT2D eigenvalue weighted by Gasteiger charge is -2.29. The summed E-state index contributed by atoms with van der Waals surface area (Å²) in [5.74, 6) is 0.0842. The summed E-state index contributed by atoms with van der Waals surface area (Å²) < 4.78 is 0. The first-order valence-corrected chi connectivity index (χ1v) is 8.57. The van der Waals surface area contributed by atoms with Crippen LogP contribution in [0.3, 0.4) is 0 Å². The summed E-state index contributed by atoms with van der Waals surface area (Å²) in [6.45, 7) is 0. The highest BCUT2D eigenvalue weighted by atomic mass is 16.3. The Bertz CT molecular complexity index is 828. The van der Waals surface area contributed by atoms with Gasteiger partial charge in [-0.1, -0.05) is 60.7 Å². The molecule has 0 fully saturated rings. The largest absolute Gasteiger partial charge is 0.392 e. The van der Waals surface area contributed by atoms with Gasteiger partial charge in [0.1, 0.15) is 0 Å². The molecule has 2 atom stereocenters. The molecule has 3 aromatic rings. The molecule has 2 heteroatoms. The van der Waals surface area contributed by atoms with Crippen LogP contribution in [-0.4, -0.2) is 16.2 Å². The van der Waals surface area contributed by atoms with Crippen LogP contribution in [0.15, 0.2) is 72.9 Å². The molecule has 4 rings (SSSR count). The standard InChI is InChI=1S/C22H21NO/c24-21-12-11-18-10-5-13-23-22(18)20(21)15-16-6-4-9-19(14-16)17-7-2-1-3-8-17/h1-10,13-14,20-21,24H,11-12,15H2. The average Bonchev–Trinajstić information content (AvgIpc) is 2.65. The van der Waals surface area contributed by atoms with Crippen molar-refractivity contribution in [3.8, 4) is 11.1 Å². The Labute approximate surface area is 142 Å². The number of hydrogen-bond donors (Lipinski definition) is 1. The highest BCUT2D eigenvalue weighted by molar-refractivity contribution is 5.64. The molecule has 0 amide bonds. The smallest absolute Gasteiger partial charge is 0.0630 e. The monoisotopic (exact) mass is 315 g/mol. The van der Waals surface area contributed by atoms with Crippen molar-refractivity contribution in [2.75, 3.05) is 0 Å². The molecule has 1 aliphatic carbocycles. The van der Waals surface area contributed by atoms with Gasteiger partial charge in [0.2, 0.25) is 0 Å². The molecule has 2 nitrogen and oxygen atoms in total. The summed E-state index contributed by atoms with van der Waals surface area (Å²) in [5, 5.41) is 10.5. The second kappa shape index (κ2) is 6.58. The number of pyridine rings is 1.